The van der Waals surface area contributed by atoms with Gasteiger partial charge < -0.3 is 15.0 Å². The molecule has 27 heavy (non-hydrogen) atoms. The van der Waals surface area contributed by atoms with Crippen LogP contribution in [0, 0.1) is 6.92 Å². The molecule has 1 aliphatic heterocycles. The Hall–Kier alpha value is -1.92. The third-order valence-electron chi connectivity index (χ3n) is 5.00. The monoisotopic (exact) mass is 387 g/mol. The molecule has 1 aromatic carbocycles. The zero-order valence-electron chi connectivity index (χ0n) is 16.2. The molecule has 2 heterocycles. The number of rotatable bonds is 8. The summed E-state index contributed by atoms with van der Waals surface area (Å²) in [5.74, 6) is 0.645. The van der Waals surface area contributed by atoms with Crippen molar-refractivity contribution >= 4 is 17.2 Å². The van der Waals surface area contributed by atoms with Crippen LogP contribution in [0.4, 0.5) is 0 Å². The molecule has 1 atom stereocenters. The number of benzene rings is 1. The maximum atomic E-state index is 12.4. The van der Waals surface area contributed by atoms with E-state index < -0.39 is 0 Å². The summed E-state index contributed by atoms with van der Waals surface area (Å²) in [6.07, 6.45) is 4.91. The van der Waals surface area contributed by atoms with Gasteiger partial charge in [-0.3, -0.25) is 4.79 Å². The molecule has 1 fully saturated rings. The molecule has 1 N–H and O–H groups in total. The molecular weight excluding hydrogens is 358 g/mol. The molecule has 146 valence electrons. The first-order chi connectivity index (χ1) is 13.1. The predicted octanol–water partition coefficient (Wildman–Crippen LogP) is 4.02. The Morgan fingerprint density at radius 1 is 1.41 bits per heavy atom. The van der Waals surface area contributed by atoms with E-state index in [1.54, 1.807) is 17.4 Å². The minimum Gasteiger partial charge on any atom is -0.487 e. The molecule has 1 aliphatic rings. The Morgan fingerprint density at radius 2 is 2.30 bits per heavy atom. The van der Waals surface area contributed by atoms with Crippen LogP contribution in [0.1, 0.15) is 53.7 Å². The number of ether oxygens (including phenoxy) is 1. The lowest BCUT2D eigenvalue weighted by Gasteiger charge is -2.33. The number of piperidine rings is 1. The van der Waals surface area contributed by atoms with E-state index in [1.165, 1.54) is 25.8 Å². The second-order valence-corrected chi connectivity index (χ2v) is 8.23. The van der Waals surface area contributed by atoms with Crippen molar-refractivity contribution in [3.8, 4) is 5.75 Å². The number of aromatic nitrogens is 1. The molecule has 0 radical (unpaired) electrons. The van der Waals surface area contributed by atoms with Crippen molar-refractivity contribution < 1.29 is 9.53 Å². The van der Waals surface area contributed by atoms with Crippen LogP contribution in [0.2, 0.25) is 0 Å². The van der Waals surface area contributed by atoms with Gasteiger partial charge in [0.2, 0.25) is 0 Å². The molecule has 1 unspecified atom stereocenters. The van der Waals surface area contributed by atoms with Gasteiger partial charge in [0.25, 0.3) is 5.91 Å². The maximum absolute atomic E-state index is 12.4. The highest BCUT2D eigenvalue weighted by atomic mass is 32.1. The normalized spacial score (nSPS) is 17.6. The fraction of sp³-hybridized carbons (Fsp3) is 0.524. The van der Waals surface area contributed by atoms with Crippen molar-refractivity contribution in [1.82, 2.24) is 15.2 Å². The number of likely N-dealkylation sites (tertiary alicyclic amines) is 1. The smallest absolute Gasteiger partial charge is 0.251 e. The zero-order chi connectivity index (χ0) is 19.1. The number of nitrogens with zero attached hydrogens (tertiary/aromatic N) is 2. The summed E-state index contributed by atoms with van der Waals surface area (Å²) >= 11 is 1.61. The molecular formula is C21H29N3O2S. The highest BCUT2D eigenvalue weighted by Crippen LogP contribution is 2.17. The third-order valence-corrected chi connectivity index (χ3v) is 5.82. The first-order valence-corrected chi connectivity index (χ1v) is 10.7. The molecule has 1 aromatic heterocycles. The van der Waals surface area contributed by atoms with E-state index in [-0.39, 0.29) is 5.91 Å². The number of hydrogen-bond acceptors (Lipinski definition) is 5. The van der Waals surface area contributed by atoms with Crippen molar-refractivity contribution in [2.75, 3.05) is 19.6 Å². The van der Waals surface area contributed by atoms with Gasteiger partial charge in [-0.05, 0) is 57.9 Å². The van der Waals surface area contributed by atoms with Crippen LogP contribution in [0.15, 0.2) is 29.6 Å². The van der Waals surface area contributed by atoms with E-state index in [4.69, 9.17) is 4.74 Å². The van der Waals surface area contributed by atoms with E-state index in [0.717, 1.165) is 23.7 Å². The summed E-state index contributed by atoms with van der Waals surface area (Å²) in [6, 6.07) is 8.01. The quantitative estimate of drug-likeness (QED) is 0.695. The molecule has 5 nitrogen and oxygen atoms in total. The highest BCUT2D eigenvalue weighted by Gasteiger charge is 2.17. The number of nitrogens with one attached hydrogen (secondary N) is 1. The van der Waals surface area contributed by atoms with Gasteiger partial charge >= 0.3 is 0 Å². The van der Waals surface area contributed by atoms with Crippen molar-refractivity contribution in [3.05, 3.63) is 45.9 Å². The molecule has 1 saturated heterocycles. The van der Waals surface area contributed by atoms with Crippen LogP contribution < -0.4 is 10.1 Å². The number of carbonyl (C=O) groups excluding carboxylic acids is 1. The molecule has 3 rings (SSSR count). The first-order valence-electron chi connectivity index (χ1n) is 9.78. The van der Waals surface area contributed by atoms with Crippen LogP contribution in [-0.4, -0.2) is 41.5 Å². The van der Waals surface area contributed by atoms with Gasteiger partial charge in [-0.25, -0.2) is 4.98 Å². The molecule has 1 amide bonds. The highest BCUT2D eigenvalue weighted by molar-refractivity contribution is 7.09. The van der Waals surface area contributed by atoms with Crippen molar-refractivity contribution in [3.63, 3.8) is 0 Å². The Kier molecular flexibility index (Phi) is 7.24. The largest absolute Gasteiger partial charge is 0.487 e. The summed E-state index contributed by atoms with van der Waals surface area (Å²) in [7, 11) is 0. The fourth-order valence-electron chi connectivity index (χ4n) is 3.43. The van der Waals surface area contributed by atoms with Crippen molar-refractivity contribution in [2.24, 2.45) is 0 Å². The lowest BCUT2D eigenvalue weighted by molar-refractivity contribution is 0.0948. The van der Waals surface area contributed by atoms with Crippen molar-refractivity contribution in [2.45, 2.75) is 52.2 Å². The van der Waals surface area contributed by atoms with Gasteiger partial charge in [-0.1, -0.05) is 12.5 Å². The minimum atomic E-state index is -0.0448. The van der Waals surface area contributed by atoms with E-state index >= 15 is 0 Å². The SMILES string of the molecule is Cc1nc(COc2cccc(C(=O)NCCCN3CCCCC3C)c2)cs1. The van der Waals surface area contributed by atoms with Gasteiger partial charge in [0.15, 0.2) is 0 Å². The summed E-state index contributed by atoms with van der Waals surface area (Å²) in [6.45, 7) is 7.64. The Balaban J connectivity index is 1.42. The molecule has 2 aromatic rings. The summed E-state index contributed by atoms with van der Waals surface area (Å²) < 4.78 is 5.77. The van der Waals surface area contributed by atoms with Gasteiger partial charge in [-0.2, -0.15) is 0 Å². The lowest BCUT2D eigenvalue weighted by Crippen LogP contribution is -2.39. The lowest BCUT2D eigenvalue weighted by atomic mass is 10.0. The molecule has 0 saturated carbocycles. The van der Waals surface area contributed by atoms with Gasteiger partial charge in [-0.15, -0.1) is 11.3 Å². The van der Waals surface area contributed by atoms with E-state index in [9.17, 15) is 4.79 Å². The third kappa shape index (κ3) is 6.04. The molecule has 0 spiro atoms. The van der Waals surface area contributed by atoms with E-state index in [0.29, 0.717) is 30.5 Å². The number of thiazole rings is 1. The van der Waals surface area contributed by atoms with Gasteiger partial charge in [0, 0.05) is 30.1 Å². The number of amides is 1. The summed E-state index contributed by atoms with van der Waals surface area (Å²) in [4.78, 5) is 19.3. The second kappa shape index (κ2) is 9.85. The average molecular weight is 388 g/mol. The summed E-state index contributed by atoms with van der Waals surface area (Å²) in [5.41, 5.74) is 1.55. The standard InChI is InChI=1S/C21H29N3O2S/c1-16-7-3-4-11-24(16)12-6-10-22-21(25)18-8-5-9-20(13-18)26-14-19-15-27-17(2)23-19/h5,8-9,13,15-16H,3-4,6-7,10-12,14H2,1-2H3,(H,22,25). The van der Waals surface area contributed by atoms with Crippen LogP contribution in [0.3, 0.4) is 0 Å². The van der Waals surface area contributed by atoms with Gasteiger partial charge in [0.05, 0.1) is 10.7 Å². The Bertz CT molecular complexity index is 747. The van der Waals surface area contributed by atoms with Crippen LogP contribution >= 0.6 is 11.3 Å². The average Bonchev–Trinajstić information content (AvgIpc) is 3.10. The number of hydrogen-bond donors (Lipinski definition) is 1. The van der Waals surface area contributed by atoms with E-state index in [1.807, 2.05) is 30.5 Å². The Labute approximate surface area is 165 Å². The van der Waals surface area contributed by atoms with Crippen LogP contribution in [0.25, 0.3) is 0 Å². The fourth-order valence-corrected chi connectivity index (χ4v) is 4.03. The molecule has 0 aliphatic carbocycles. The molecule has 0 bridgehead atoms. The maximum Gasteiger partial charge on any atom is 0.251 e. The van der Waals surface area contributed by atoms with Crippen molar-refractivity contribution in [1.29, 1.82) is 0 Å². The Morgan fingerprint density at radius 3 is 3.07 bits per heavy atom. The van der Waals surface area contributed by atoms with Crippen LogP contribution in [0.5, 0.6) is 5.75 Å². The van der Waals surface area contributed by atoms with Crippen LogP contribution in [-0.2, 0) is 6.61 Å². The predicted molar refractivity (Wildman–Crippen MR) is 109 cm³/mol. The number of aryl methyl sites for hydroxylation is 1. The zero-order valence-corrected chi connectivity index (χ0v) is 17.1. The van der Waals surface area contributed by atoms with Gasteiger partial charge in [0.1, 0.15) is 12.4 Å². The first kappa shape index (κ1) is 19.8. The van der Waals surface area contributed by atoms with E-state index in [2.05, 4.69) is 22.1 Å². The molecule has 6 heteroatoms. The number of carbonyl (C=O) groups is 1. The topological polar surface area (TPSA) is 54.5 Å². The minimum absolute atomic E-state index is 0.0448. The summed E-state index contributed by atoms with van der Waals surface area (Å²) in [5, 5.41) is 6.05. The second-order valence-electron chi connectivity index (χ2n) is 7.16.